The van der Waals surface area contributed by atoms with Crippen LogP contribution < -0.4 is 9.62 Å². The molecule has 1 aliphatic rings. The number of carbonyl (C=O) groups excluding carboxylic acids is 2. The Bertz CT molecular complexity index is 1210. The van der Waals surface area contributed by atoms with Crippen molar-refractivity contribution < 1.29 is 18.0 Å². The molecule has 2 aromatic rings. The largest absolute Gasteiger partial charge is 0.352 e. The number of rotatable bonds is 11. The van der Waals surface area contributed by atoms with Crippen molar-refractivity contribution in [2.75, 3.05) is 17.1 Å². The number of nitrogens with zero attached hydrogens (tertiary/aromatic N) is 2. The van der Waals surface area contributed by atoms with Gasteiger partial charge in [-0.3, -0.25) is 13.9 Å². The third kappa shape index (κ3) is 8.30. The number of sulfonamides is 1. The Hall–Kier alpha value is -2.39. The van der Waals surface area contributed by atoms with E-state index in [1.807, 2.05) is 50.2 Å². The molecule has 0 radical (unpaired) electrons. The van der Waals surface area contributed by atoms with E-state index in [1.54, 1.807) is 17.9 Å². The van der Waals surface area contributed by atoms with Gasteiger partial charge in [-0.05, 0) is 74.9 Å². The summed E-state index contributed by atoms with van der Waals surface area (Å²) in [6.45, 7) is 6.11. The second-order valence-electron chi connectivity index (χ2n) is 10.3. The van der Waals surface area contributed by atoms with Crippen molar-refractivity contribution in [3.05, 3.63) is 63.6 Å². The standard InChI is InChI=1S/C29H40BrN3O4S/c1-21-10-8-13-27(22(21)2)33(38(4,36)37)19-9-14-28(34)32(20-24-15-17-25(30)18-16-24)23(3)29(35)31-26-11-6-5-7-12-26/h8,10,13,15-18,23,26H,5-7,9,11-12,14,19-20H2,1-4H3,(H,31,35)/t23-/m1/s1. The molecule has 1 fully saturated rings. The average molecular weight is 607 g/mol. The lowest BCUT2D eigenvalue weighted by atomic mass is 9.95. The minimum Gasteiger partial charge on any atom is -0.352 e. The molecule has 9 heteroatoms. The summed E-state index contributed by atoms with van der Waals surface area (Å²) < 4.78 is 27.6. The van der Waals surface area contributed by atoms with E-state index in [1.165, 1.54) is 17.0 Å². The van der Waals surface area contributed by atoms with Crippen LogP contribution >= 0.6 is 15.9 Å². The Morgan fingerprint density at radius 2 is 1.71 bits per heavy atom. The van der Waals surface area contributed by atoms with Gasteiger partial charge in [0.25, 0.3) is 0 Å². The maximum absolute atomic E-state index is 13.5. The lowest BCUT2D eigenvalue weighted by Crippen LogP contribution is -2.50. The number of hydrogen-bond donors (Lipinski definition) is 1. The van der Waals surface area contributed by atoms with E-state index >= 15 is 0 Å². The summed E-state index contributed by atoms with van der Waals surface area (Å²) in [6.07, 6.45) is 7.02. The summed E-state index contributed by atoms with van der Waals surface area (Å²) >= 11 is 3.44. The Morgan fingerprint density at radius 3 is 2.34 bits per heavy atom. The SMILES string of the molecule is Cc1cccc(N(CCCC(=O)N(Cc2ccc(Br)cc2)[C@H](C)C(=O)NC2CCCCC2)S(C)(=O)=O)c1C. The predicted molar refractivity (Wildman–Crippen MR) is 157 cm³/mol. The van der Waals surface area contributed by atoms with Crippen molar-refractivity contribution >= 4 is 43.5 Å². The zero-order valence-corrected chi connectivity index (χ0v) is 25.3. The monoisotopic (exact) mass is 605 g/mol. The lowest BCUT2D eigenvalue weighted by molar-refractivity contribution is -0.141. The lowest BCUT2D eigenvalue weighted by Gasteiger charge is -2.31. The van der Waals surface area contributed by atoms with E-state index in [0.29, 0.717) is 18.7 Å². The van der Waals surface area contributed by atoms with Gasteiger partial charge < -0.3 is 10.2 Å². The molecule has 3 rings (SSSR count). The number of aryl methyl sites for hydroxylation is 1. The van der Waals surface area contributed by atoms with Gasteiger partial charge in [-0.15, -0.1) is 0 Å². The van der Waals surface area contributed by atoms with Crippen molar-refractivity contribution in [3.63, 3.8) is 0 Å². The summed E-state index contributed by atoms with van der Waals surface area (Å²) in [5.41, 5.74) is 3.46. The van der Waals surface area contributed by atoms with Crippen molar-refractivity contribution in [1.82, 2.24) is 10.2 Å². The molecule has 7 nitrogen and oxygen atoms in total. The zero-order chi connectivity index (χ0) is 27.9. The maximum Gasteiger partial charge on any atom is 0.242 e. The van der Waals surface area contributed by atoms with Crippen LogP contribution in [0.2, 0.25) is 0 Å². The second kappa shape index (κ2) is 13.6. The van der Waals surface area contributed by atoms with E-state index in [-0.39, 0.29) is 30.8 Å². The molecule has 1 aliphatic carbocycles. The van der Waals surface area contributed by atoms with E-state index < -0.39 is 16.1 Å². The summed E-state index contributed by atoms with van der Waals surface area (Å²) in [6, 6.07) is 12.8. The van der Waals surface area contributed by atoms with Crippen molar-refractivity contribution in [1.29, 1.82) is 0 Å². The molecule has 0 unspecified atom stereocenters. The topological polar surface area (TPSA) is 86.8 Å². The van der Waals surface area contributed by atoms with Crippen molar-refractivity contribution in [2.24, 2.45) is 0 Å². The quantitative estimate of drug-likeness (QED) is 0.367. The highest BCUT2D eigenvalue weighted by atomic mass is 79.9. The van der Waals surface area contributed by atoms with Gasteiger partial charge in [0.1, 0.15) is 6.04 Å². The van der Waals surface area contributed by atoms with Crippen LogP contribution in [0.15, 0.2) is 46.9 Å². The van der Waals surface area contributed by atoms with Crippen LogP contribution in [0, 0.1) is 13.8 Å². The molecule has 208 valence electrons. The molecule has 0 spiro atoms. The molecule has 0 aromatic heterocycles. The Labute approximate surface area is 236 Å². The highest BCUT2D eigenvalue weighted by Crippen LogP contribution is 2.26. The number of nitrogens with one attached hydrogen (secondary N) is 1. The van der Waals surface area contributed by atoms with Crippen LogP contribution in [-0.4, -0.2) is 50.0 Å². The van der Waals surface area contributed by atoms with Gasteiger partial charge in [0.15, 0.2) is 0 Å². The smallest absolute Gasteiger partial charge is 0.242 e. The van der Waals surface area contributed by atoms with E-state index in [2.05, 4.69) is 21.2 Å². The van der Waals surface area contributed by atoms with E-state index in [9.17, 15) is 18.0 Å². The van der Waals surface area contributed by atoms with Crippen molar-refractivity contribution in [2.45, 2.75) is 84.3 Å². The molecule has 0 heterocycles. The number of anilines is 1. The van der Waals surface area contributed by atoms with Gasteiger partial charge in [-0.2, -0.15) is 0 Å². The van der Waals surface area contributed by atoms with E-state index in [0.717, 1.165) is 46.8 Å². The minimum atomic E-state index is -3.53. The number of halogens is 1. The number of carbonyl (C=O) groups is 2. The number of amides is 2. The predicted octanol–water partition coefficient (Wildman–Crippen LogP) is 5.48. The number of hydrogen-bond acceptors (Lipinski definition) is 4. The van der Waals surface area contributed by atoms with Gasteiger partial charge in [0, 0.05) is 30.0 Å². The molecular weight excluding hydrogens is 566 g/mol. The fourth-order valence-corrected chi connectivity index (χ4v) is 6.21. The fraction of sp³-hybridized carbons (Fsp3) is 0.517. The second-order valence-corrected chi connectivity index (χ2v) is 13.1. The van der Waals surface area contributed by atoms with Crippen LogP contribution in [0.1, 0.15) is 68.6 Å². The van der Waals surface area contributed by atoms with Crippen LogP contribution in [0.25, 0.3) is 0 Å². The first-order valence-electron chi connectivity index (χ1n) is 13.4. The van der Waals surface area contributed by atoms with E-state index in [4.69, 9.17) is 0 Å². The number of benzene rings is 2. The average Bonchev–Trinajstić information content (AvgIpc) is 2.87. The van der Waals surface area contributed by atoms with Gasteiger partial charge in [-0.1, -0.05) is 59.5 Å². The van der Waals surface area contributed by atoms with Crippen LogP contribution in [0.3, 0.4) is 0 Å². The molecule has 0 bridgehead atoms. The maximum atomic E-state index is 13.5. The third-order valence-corrected chi connectivity index (χ3v) is 9.09. The first kappa shape index (κ1) is 30.2. The fourth-order valence-electron chi connectivity index (χ4n) is 4.93. The highest BCUT2D eigenvalue weighted by molar-refractivity contribution is 9.10. The molecule has 1 atom stereocenters. The van der Waals surface area contributed by atoms with Gasteiger partial charge >= 0.3 is 0 Å². The molecule has 1 N–H and O–H groups in total. The van der Waals surface area contributed by atoms with Gasteiger partial charge in [0.05, 0.1) is 11.9 Å². The van der Waals surface area contributed by atoms with Crippen LogP contribution in [0.5, 0.6) is 0 Å². The molecule has 1 saturated carbocycles. The zero-order valence-electron chi connectivity index (χ0n) is 22.9. The Morgan fingerprint density at radius 1 is 1.05 bits per heavy atom. The summed E-state index contributed by atoms with van der Waals surface area (Å²) in [7, 11) is -3.53. The normalized spacial score (nSPS) is 15.1. The summed E-state index contributed by atoms with van der Waals surface area (Å²) in [5.74, 6) is -0.316. The molecule has 38 heavy (non-hydrogen) atoms. The molecule has 0 aliphatic heterocycles. The molecular formula is C29H40BrN3O4S. The molecule has 2 aromatic carbocycles. The minimum absolute atomic E-state index is 0.133. The first-order chi connectivity index (χ1) is 18.0. The first-order valence-corrected chi connectivity index (χ1v) is 16.0. The summed E-state index contributed by atoms with van der Waals surface area (Å²) in [4.78, 5) is 28.3. The van der Waals surface area contributed by atoms with Crippen molar-refractivity contribution in [3.8, 4) is 0 Å². The highest BCUT2D eigenvalue weighted by Gasteiger charge is 2.28. The molecule has 0 saturated heterocycles. The van der Waals surface area contributed by atoms with Gasteiger partial charge in [-0.25, -0.2) is 8.42 Å². The molecule has 2 amide bonds. The van der Waals surface area contributed by atoms with Crippen LogP contribution in [0.4, 0.5) is 5.69 Å². The third-order valence-electron chi connectivity index (χ3n) is 7.38. The summed E-state index contributed by atoms with van der Waals surface area (Å²) in [5, 5.41) is 3.15. The van der Waals surface area contributed by atoms with Crippen LogP contribution in [-0.2, 0) is 26.2 Å². The Kier molecular flexibility index (Phi) is 10.8. The Balaban J connectivity index is 1.73. The van der Waals surface area contributed by atoms with Gasteiger partial charge in [0.2, 0.25) is 21.8 Å².